The Hall–Kier alpha value is -6.85. The summed E-state index contributed by atoms with van der Waals surface area (Å²) in [5, 5.41) is 13.4. The lowest BCUT2D eigenvalue weighted by molar-refractivity contribution is 0.477. The van der Waals surface area contributed by atoms with Gasteiger partial charge in [-0.3, -0.25) is 10.4 Å². The fourth-order valence-electron chi connectivity index (χ4n) is 6.66. The molecule has 0 aromatic heterocycles. The Labute approximate surface area is 304 Å². The van der Waals surface area contributed by atoms with Gasteiger partial charge in [-0.25, -0.2) is 0 Å². The van der Waals surface area contributed by atoms with Gasteiger partial charge in [0.05, 0.1) is 28.4 Å². The van der Waals surface area contributed by atoms with E-state index in [-0.39, 0.29) is 0 Å². The van der Waals surface area contributed by atoms with Crippen molar-refractivity contribution in [1.29, 1.82) is 5.41 Å². The Balaban J connectivity index is 1.20. The van der Waals surface area contributed by atoms with Gasteiger partial charge in [-0.1, -0.05) is 121 Å². The van der Waals surface area contributed by atoms with Crippen LogP contribution in [0.1, 0.15) is 18.9 Å². The van der Waals surface area contributed by atoms with Crippen molar-refractivity contribution in [3.05, 3.63) is 194 Å². The molecule has 1 aliphatic heterocycles. The number of hydrogen-bond donors (Lipinski definition) is 2. The number of nitrogens with zero attached hydrogens (tertiary/aromatic N) is 2. The molecular formula is C47H38N4O. The summed E-state index contributed by atoms with van der Waals surface area (Å²) in [5.74, 6) is 1.63. The third kappa shape index (κ3) is 6.55. The van der Waals surface area contributed by atoms with Crippen LogP contribution in [0, 0.1) is 5.41 Å². The quantitative estimate of drug-likeness (QED) is 0.0861. The molecule has 0 unspecified atom stereocenters. The molecule has 0 saturated heterocycles. The highest BCUT2D eigenvalue weighted by Crippen LogP contribution is 2.51. The molecule has 0 spiro atoms. The van der Waals surface area contributed by atoms with E-state index in [1.807, 2.05) is 79.8 Å². The van der Waals surface area contributed by atoms with Crippen molar-refractivity contribution in [2.45, 2.75) is 13.3 Å². The SMILES string of the molecule is C/C=C\C=C/CC(=N)c1ccccc1NN(c1cccc(-c2ccc3c(c2)N(c2ccccc2)c2ccccc2O3)c1)c1ccc2ccccc2c1. The Morgan fingerprint density at radius 1 is 0.635 bits per heavy atom. The lowest BCUT2D eigenvalue weighted by Crippen LogP contribution is -2.25. The van der Waals surface area contributed by atoms with Crippen molar-refractivity contribution < 1.29 is 4.74 Å². The predicted molar refractivity (Wildman–Crippen MR) is 218 cm³/mol. The standard InChI is InChI=1S/C47H38N4O/c1-2-3-4-8-23-42(48)41-22-11-12-24-43(41)49-51(40-29-27-34-16-9-10-17-35(34)31-40)39-21-15-18-36(32-39)37-28-30-47-45(33-37)50(38-19-6-5-7-20-38)44-25-13-14-26-46(44)52-47/h2-22,24-33,48-49H,23H2,1H3/b3-2-,8-4-,48-42?. The van der Waals surface area contributed by atoms with Gasteiger partial charge >= 0.3 is 0 Å². The highest BCUT2D eigenvalue weighted by Gasteiger charge is 2.26. The van der Waals surface area contributed by atoms with E-state index in [0.29, 0.717) is 12.1 Å². The highest BCUT2D eigenvalue weighted by atomic mass is 16.5. The normalized spacial score (nSPS) is 12.1. The van der Waals surface area contributed by atoms with E-state index in [0.717, 1.165) is 67.7 Å². The largest absolute Gasteiger partial charge is 0.453 e. The molecule has 8 rings (SSSR count). The van der Waals surface area contributed by atoms with Crippen molar-refractivity contribution in [2.75, 3.05) is 15.3 Å². The van der Waals surface area contributed by atoms with Crippen molar-refractivity contribution in [3.8, 4) is 22.6 Å². The Bertz CT molecular complexity index is 2450. The molecule has 0 radical (unpaired) electrons. The Morgan fingerprint density at radius 3 is 2.25 bits per heavy atom. The molecule has 7 aromatic rings. The molecule has 0 atom stereocenters. The molecule has 7 aromatic carbocycles. The molecule has 2 N–H and O–H groups in total. The molecule has 252 valence electrons. The summed E-state index contributed by atoms with van der Waals surface area (Å²) in [6, 6.07) is 56.5. The molecule has 0 aliphatic carbocycles. The first-order valence-electron chi connectivity index (χ1n) is 17.5. The van der Waals surface area contributed by atoms with Gasteiger partial charge in [0.2, 0.25) is 0 Å². The minimum Gasteiger partial charge on any atom is -0.453 e. The second-order valence-electron chi connectivity index (χ2n) is 12.6. The monoisotopic (exact) mass is 674 g/mol. The van der Waals surface area contributed by atoms with Crippen LogP contribution in [0.3, 0.4) is 0 Å². The zero-order chi connectivity index (χ0) is 35.3. The molecule has 5 nitrogen and oxygen atoms in total. The number of hydrogen-bond acceptors (Lipinski definition) is 5. The maximum absolute atomic E-state index is 8.97. The third-order valence-electron chi connectivity index (χ3n) is 9.22. The summed E-state index contributed by atoms with van der Waals surface area (Å²) >= 11 is 0. The zero-order valence-electron chi connectivity index (χ0n) is 28.9. The van der Waals surface area contributed by atoms with Crippen molar-refractivity contribution in [1.82, 2.24) is 0 Å². The fourth-order valence-corrected chi connectivity index (χ4v) is 6.66. The minimum absolute atomic E-state index is 0.529. The van der Waals surface area contributed by atoms with Crippen LogP contribution in [-0.4, -0.2) is 5.71 Å². The number of fused-ring (bicyclic) bond motifs is 3. The second-order valence-corrected chi connectivity index (χ2v) is 12.6. The first kappa shape index (κ1) is 32.4. The zero-order valence-corrected chi connectivity index (χ0v) is 28.9. The van der Waals surface area contributed by atoms with E-state index >= 15 is 0 Å². The van der Waals surface area contributed by atoms with E-state index in [2.05, 4.69) is 131 Å². The summed E-state index contributed by atoms with van der Waals surface area (Å²) in [6.07, 6.45) is 8.51. The van der Waals surface area contributed by atoms with Gasteiger partial charge in [-0.15, -0.1) is 0 Å². The number of rotatable bonds is 10. The molecule has 0 amide bonds. The maximum atomic E-state index is 8.97. The van der Waals surface area contributed by atoms with E-state index in [9.17, 15) is 0 Å². The van der Waals surface area contributed by atoms with Gasteiger partial charge in [0.15, 0.2) is 11.5 Å². The van der Waals surface area contributed by atoms with Gasteiger partial charge in [0.1, 0.15) is 0 Å². The molecule has 0 bridgehead atoms. The van der Waals surface area contributed by atoms with E-state index in [1.165, 1.54) is 5.39 Å². The smallest absolute Gasteiger partial charge is 0.151 e. The van der Waals surface area contributed by atoms with Crippen molar-refractivity contribution in [2.24, 2.45) is 0 Å². The van der Waals surface area contributed by atoms with E-state index in [1.54, 1.807) is 0 Å². The lowest BCUT2D eigenvalue weighted by Gasteiger charge is -2.33. The average Bonchev–Trinajstić information content (AvgIpc) is 3.20. The second kappa shape index (κ2) is 14.6. The number of hydrazine groups is 1. The number of allylic oxidation sites excluding steroid dienone is 4. The number of benzene rings is 7. The number of nitrogens with one attached hydrogen (secondary N) is 2. The summed E-state index contributed by atoms with van der Waals surface area (Å²) in [7, 11) is 0. The van der Waals surface area contributed by atoms with Crippen molar-refractivity contribution >= 4 is 50.6 Å². The molecule has 0 fully saturated rings. The summed E-state index contributed by atoms with van der Waals surface area (Å²) in [4.78, 5) is 2.27. The van der Waals surface area contributed by atoms with Gasteiger partial charge in [-0.2, -0.15) is 0 Å². The van der Waals surface area contributed by atoms with Crippen LogP contribution in [0.4, 0.5) is 34.1 Å². The van der Waals surface area contributed by atoms with Gasteiger partial charge in [-0.05, 0) is 95.6 Å². The molecule has 0 saturated carbocycles. The Morgan fingerprint density at radius 2 is 1.37 bits per heavy atom. The summed E-state index contributed by atoms with van der Waals surface area (Å²) in [6.45, 7) is 1.99. The van der Waals surface area contributed by atoms with Crippen LogP contribution in [0.2, 0.25) is 0 Å². The van der Waals surface area contributed by atoms with Crippen molar-refractivity contribution in [3.63, 3.8) is 0 Å². The molecule has 1 heterocycles. The summed E-state index contributed by atoms with van der Waals surface area (Å²) in [5.41, 5.74) is 13.1. The number of ether oxygens (including phenoxy) is 1. The molecular weight excluding hydrogens is 637 g/mol. The fraction of sp³-hybridized carbons (Fsp3) is 0.0426. The van der Waals surface area contributed by atoms with Gasteiger partial charge in [0.25, 0.3) is 0 Å². The van der Waals surface area contributed by atoms with Crippen LogP contribution in [0.5, 0.6) is 11.5 Å². The molecule has 1 aliphatic rings. The predicted octanol–water partition coefficient (Wildman–Crippen LogP) is 13.1. The molecule has 5 heteroatoms. The highest BCUT2D eigenvalue weighted by molar-refractivity contribution is 6.04. The first-order chi connectivity index (χ1) is 25.7. The average molecular weight is 675 g/mol. The molecule has 52 heavy (non-hydrogen) atoms. The van der Waals surface area contributed by atoms with Gasteiger partial charge in [0, 0.05) is 23.4 Å². The van der Waals surface area contributed by atoms with E-state index in [4.69, 9.17) is 10.1 Å². The van der Waals surface area contributed by atoms with Crippen LogP contribution in [0.15, 0.2) is 188 Å². The summed E-state index contributed by atoms with van der Waals surface area (Å²) < 4.78 is 6.42. The minimum atomic E-state index is 0.529. The third-order valence-corrected chi connectivity index (χ3v) is 9.22. The first-order valence-corrected chi connectivity index (χ1v) is 17.5. The Kier molecular flexibility index (Phi) is 9.06. The number of anilines is 6. The van der Waals surface area contributed by atoms with E-state index < -0.39 is 0 Å². The number of para-hydroxylation sites is 4. The van der Waals surface area contributed by atoms with Gasteiger partial charge < -0.3 is 15.0 Å². The maximum Gasteiger partial charge on any atom is 0.151 e. The van der Waals surface area contributed by atoms with Crippen LogP contribution in [0.25, 0.3) is 21.9 Å². The van der Waals surface area contributed by atoms with Crippen LogP contribution in [-0.2, 0) is 0 Å². The van der Waals surface area contributed by atoms with Crippen LogP contribution >= 0.6 is 0 Å². The van der Waals surface area contributed by atoms with Crippen LogP contribution < -0.4 is 20.1 Å². The lowest BCUT2D eigenvalue weighted by atomic mass is 10.0. The topological polar surface area (TPSA) is 51.6 Å².